The Hall–Kier alpha value is -2.00. The van der Waals surface area contributed by atoms with Gasteiger partial charge in [0.05, 0.1) is 9.82 Å². The molecule has 9 heteroatoms. The van der Waals surface area contributed by atoms with E-state index in [0.717, 1.165) is 24.3 Å². The number of aliphatic carboxylic acids is 1. The number of nitro groups is 1. The molecule has 0 spiro atoms. The van der Waals surface area contributed by atoms with Crippen molar-refractivity contribution in [3.05, 3.63) is 34.4 Å². The number of carboxylic acid groups (broad SMARTS) is 1. The van der Waals surface area contributed by atoms with Crippen molar-refractivity contribution in [1.29, 1.82) is 0 Å². The Morgan fingerprint density at radius 2 is 1.90 bits per heavy atom. The molecule has 1 aliphatic rings. The quantitative estimate of drug-likeness (QED) is 0.589. The first-order chi connectivity index (χ1) is 9.31. The molecule has 0 amide bonds. The van der Waals surface area contributed by atoms with E-state index < -0.39 is 27.0 Å². The van der Waals surface area contributed by atoms with Crippen LogP contribution in [0.2, 0.25) is 0 Å². The predicted octanol–water partition coefficient (Wildman–Crippen LogP) is 0.736. The van der Waals surface area contributed by atoms with Gasteiger partial charge in [-0.15, -0.1) is 0 Å². The Balaban J connectivity index is 2.21. The first kappa shape index (κ1) is 14.4. The normalized spacial score (nSPS) is 16.6. The molecule has 0 heterocycles. The van der Waals surface area contributed by atoms with Crippen molar-refractivity contribution in [3.8, 4) is 0 Å². The highest BCUT2D eigenvalue weighted by Gasteiger charge is 2.39. The molecule has 0 radical (unpaired) electrons. The summed E-state index contributed by atoms with van der Waals surface area (Å²) in [7, 11) is -4.01. The maximum absolute atomic E-state index is 12.0. The molecule has 1 aromatic rings. The second kappa shape index (κ2) is 5.17. The molecule has 108 valence electrons. The summed E-state index contributed by atoms with van der Waals surface area (Å²) < 4.78 is 26.2. The summed E-state index contributed by atoms with van der Waals surface area (Å²) in [5.41, 5.74) is -0.235. The Kier molecular flexibility index (Phi) is 3.73. The van der Waals surface area contributed by atoms with Crippen molar-refractivity contribution < 1.29 is 23.2 Å². The summed E-state index contributed by atoms with van der Waals surface area (Å²) in [6, 6.07) is 3.11. The fraction of sp³-hybridized carbons (Fsp3) is 0.364. The van der Waals surface area contributed by atoms with E-state index in [1.807, 2.05) is 0 Å². The van der Waals surface area contributed by atoms with Crippen LogP contribution in [0, 0.1) is 16.0 Å². The third kappa shape index (κ3) is 3.11. The Morgan fingerprint density at radius 1 is 1.35 bits per heavy atom. The Morgan fingerprint density at radius 3 is 2.30 bits per heavy atom. The van der Waals surface area contributed by atoms with Crippen molar-refractivity contribution in [2.45, 2.75) is 23.8 Å². The van der Waals surface area contributed by atoms with Crippen LogP contribution in [0.4, 0.5) is 5.69 Å². The first-order valence-corrected chi connectivity index (χ1v) is 7.29. The van der Waals surface area contributed by atoms with E-state index in [0.29, 0.717) is 12.8 Å². The summed E-state index contributed by atoms with van der Waals surface area (Å²) >= 11 is 0. The zero-order valence-electron chi connectivity index (χ0n) is 10.2. The number of hydrogen-bond donors (Lipinski definition) is 2. The van der Waals surface area contributed by atoms with Gasteiger partial charge in [-0.1, -0.05) is 0 Å². The van der Waals surface area contributed by atoms with Crippen LogP contribution in [-0.2, 0) is 14.8 Å². The Labute approximate surface area is 114 Å². The average molecular weight is 300 g/mol. The fourth-order valence-corrected chi connectivity index (χ4v) is 3.02. The van der Waals surface area contributed by atoms with Gasteiger partial charge in [0.25, 0.3) is 5.69 Å². The summed E-state index contributed by atoms with van der Waals surface area (Å²) in [4.78, 5) is 20.7. The molecule has 0 aliphatic heterocycles. The molecule has 2 rings (SSSR count). The molecule has 8 nitrogen and oxygen atoms in total. The highest BCUT2D eigenvalue weighted by molar-refractivity contribution is 7.89. The lowest BCUT2D eigenvalue weighted by molar-refractivity contribution is -0.384. The number of nitro benzene ring substituents is 1. The van der Waals surface area contributed by atoms with Gasteiger partial charge in [-0.2, -0.15) is 4.72 Å². The lowest BCUT2D eigenvalue weighted by Crippen LogP contribution is -2.42. The zero-order chi connectivity index (χ0) is 14.9. The zero-order valence-corrected chi connectivity index (χ0v) is 11.0. The van der Waals surface area contributed by atoms with Gasteiger partial charge in [-0.3, -0.25) is 14.9 Å². The van der Waals surface area contributed by atoms with Crippen molar-refractivity contribution >= 4 is 21.7 Å². The van der Waals surface area contributed by atoms with Crippen LogP contribution in [-0.4, -0.2) is 30.5 Å². The number of sulfonamides is 1. The van der Waals surface area contributed by atoms with E-state index in [4.69, 9.17) is 5.11 Å². The number of nitrogens with one attached hydrogen (secondary N) is 1. The first-order valence-electron chi connectivity index (χ1n) is 5.81. The molecule has 1 aromatic carbocycles. The minimum absolute atomic E-state index is 0.194. The molecule has 1 atom stereocenters. The molecule has 0 bridgehead atoms. The molecular weight excluding hydrogens is 288 g/mol. The van der Waals surface area contributed by atoms with Crippen molar-refractivity contribution in [3.63, 3.8) is 0 Å². The summed E-state index contributed by atoms with van der Waals surface area (Å²) in [6.07, 6.45) is 1.33. The molecule has 1 aliphatic carbocycles. The third-order valence-electron chi connectivity index (χ3n) is 3.00. The largest absolute Gasteiger partial charge is 0.480 e. The second-order valence-corrected chi connectivity index (χ2v) is 6.24. The topological polar surface area (TPSA) is 127 Å². The minimum atomic E-state index is -4.01. The van der Waals surface area contributed by atoms with Crippen molar-refractivity contribution in [2.75, 3.05) is 0 Å². The number of carboxylic acids is 1. The molecule has 1 saturated carbocycles. The number of nitrogens with zero attached hydrogens (tertiary/aromatic N) is 1. The number of benzene rings is 1. The number of rotatable bonds is 6. The van der Waals surface area contributed by atoms with Gasteiger partial charge in [-0.25, -0.2) is 8.42 Å². The van der Waals surface area contributed by atoms with E-state index in [1.54, 1.807) is 0 Å². The Bertz CT molecular complexity index is 635. The monoisotopic (exact) mass is 300 g/mol. The summed E-state index contributed by atoms with van der Waals surface area (Å²) in [5.74, 6) is -1.42. The maximum atomic E-state index is 12.0. The number of carbonyl (C=O) groups is 1. The lowest BCUT2D eigenvalue weighted by atomic mass is 10.2. The smallest absolute Gasteiger partial charge is 0.322 e. The van der Waals surface area contributed by atoms with Crippen LogP contribution in [0.3, 0.4) is 0 Å². The van der Waals surface area contributed by atoms with E-state index >= 15 is 0 Å². The van der Waals surface area contributed by atoms with E-state index in [9.17, 15) is 23.3 Å². The van der Waals surface area contributed by atoms with Gasteiger partial charge in [0.15, 0.2) is 0 Å². The molecule has 0 aromatic heterocycles. The molecule has 0 saturated heterocycles. The molecule has 1 fully saturated rings. The molecule has 1 unspecified atom stereocenters. The molecule has 2 N–H and O–H groups in total. The predicted molar refractivity (Wildman–Crippen MR) is 67.6 cm³/mol. The second-order valence-electron chi connectivity index (χ2n) is 4.53. The van der Waals surface area contributed by atoms with Gasteiger partial charge in [0.1, 0.15) is 6.04 Å². The van der Waals surface area contributed by atoms with Crippen LogP contribution in [0.15, 0.2) is 29.2 Å². The van der Waals surface area contributed by atoms with Crippen LogP contribution < -0.4 is 4.72 Å². The minimum Gasteiger partial charge on any atom is -0.480 e. The van der Waals surface area contributed by atoms with E-state index in [1.165, 1.54) is 0 Å². The SMILES string of the molecule is O=C(O)C(NS(=O)(=O)c1ccc([N+](=O)[O-])cc1)C1CC1. The highest BCUT2D eigenvalue weighted by Crippen LogP contribution is 2.33. The third-order valence-corrected chi connectivity index (χ3v) is 4.46. The van der Waals surface area contributed by atoms with Crippen LogP contribution >= 0.6 is 0 Å². The van der Waals surface area contributed by atoms with Gasteiger partial charge in [-0.05, 0) is 30.9 Å². The van der Waals surface area contributed by atoms with Gasteiger partial charge >= 0.3 is 5.97 Å². The van der Waals surface area contributed by atoms with Gasteiger partial charge < -0.3 is 5.11 Å². The van der Waals surface area contributed by atoms with E-state index in [2.05, 4.69) is 4.72 Å². The molecular formula is C11H12N2O6S. The van der Waals surface area contributed by atoms with Crippen molar-refractivity contribution in [2.24, 2.45) is 5.92 Å². The number of hydrogen-bond acceptors (Lipinski definition) is 5. The fourth-order valence-electron chi connectivity index (χ4n) is 1.76. The lowest BCUT2D eigenvalue weighted by Gasteiger charge is -2.13. The number of non-ortho nitro benzene ring substituents is 1. The average Bonchev–Trinajstić information content (AvgIpc) is 3.20. The summed E-state index contributed by atoms with van der Waals surface area (Å²) in [6.45, 7) is 0. The maximum Gasteiger partial charge on any atom is 0.322 e. The van der Waals surface area contributed by atoms with Crippen LogP contribution in [0.25, 0.3) is 0 Å². The van der Waals surface area contributed by atoms with Crippen LogP contribution in [0.5, 0.6) is 0 Å². The van der Waals surface area contributed by atoms with Gasteiger partial charge in [0.2, 0.25) is 10.0 Å². The van der Waals surface area contributed by atoms with Crippen LogP contribution in [0.1, 0.15) is 12.8 Å². The summed E-state index contributed by atoms with van der Waals surface area (Å²) in [5, 5.41) is 19.5. The molecule has 20 heavy (non-hydrogen) atoms. The van der Waals surface area contributed by atoms with E-state index in [-0.39, 0.29) is 16.5 Å². The highest BCUT2D eigenvalue weighted by atomic mass is 32.2. The standard InChI is InChI=1S/C11H12N2O6S/c14-11(15)10(7-1-2-7)12-20(18,19)9-5-3-8(4-6-9)13(16)17/h3-7,10,12H,1-2H2,(H,14,15). The van der Waals surface area contributed by atoms with Gasteiger partial charge in [0, 0.05) is 12.1 Å². The van der Waals surface area contributed by atoms with Crippen molar-refractivity contribution in [1.82, 2.24) is 4.72 Å².